The van der Waals surface area contributed by atoms with Crippen molar-refractivity contribution < 1.29 is 0 Å². The summed E-state index contributed by atoms with van der Waals surface area (Å²) in [5.41, 5.74) is 20.5. The molecule has 0 radical (unpaired) electrons. The highest BCUT2D eigenvalue weighted by molar-refractivity contribution is 7.27. The highest BCUT2D eigenvalue weighted by Crippen LogP contribution is 2.58. The molecule has 1 nitrogen and oxygen atoms in total. The van der Waals surface area contributed by atoms with Gasteiger partial charge in [0.25, 0.3) is 0 Å². The largest absolute Gasteiger partial charge is 0.310 e. The molecule has 1 heterocycles. The van der Waals surface area contributed by atoms with E-state index in [2.05, 4.69) is 267 Å². The monoisotopic (exact) mass is 897 g/mol. The van der Waals surface area contributed by atoms with Gasteiger partial charge in [0, 0.05) is 31.5 Å². The van der Waals surface area contributed by atoms with E-state index in [1.54, 1.807) is 0 Å². The molecule has 0 spiro atoms. The molecule has 1 aromatic heterocycles. The van der Waals surface area contributed by atoms with E-state index in [0.717, 1.165) is 11.4 Å². The second-order valence-electron chi connectivity index (χ2n) is 18.5. The normalized spacial score (nSPS) is 12.6. The van der Waals surface area contributed by atoms with Gasteiger partial charge in [-0.2, -0.15) is 0 Å². The number of thiophene rings is 1. The van der Waals surface area contributed by atoms with Gasteiger partial charge >= 0.3 is 0 Å². The third-order valence-electron chi connectivity index (χ3n) is 14.6. The fourth-order valence-electron chi connectivity index (χ4n) is 11.6. The first-order valence-corrected chi connectivity index (χ1v) is 24.7. The number of fused-ring (bicyclic) bond motifs is 8. The van der Waals surface area contributed by atoms with Gasteiger partial charge in [-0.3, -0.25) is 0 Å². The summed E-state index contributed by atoms with van der Waals surface area (Å²) in [7, 11) is 0. The van der Waals surface area contributed by atoms with Gasteiger partial charge in [-0.1, -0.05) is 212 Å². The minimum atomic E-state index is -0.453. The average Bonchev–Trinajstić information content (AvgIpc) is 3.95. The van der Waals surface area contributed by atoms with Gasteiger partial charge in [0.2, 0.25) is 0 Å². The predicted molar refractivity (Wildman–Crippen MR) is 295 cm³/mol. The first-order valence-electron chi connectivity index (χ1n) is 23.9. The van der Waals surface area contributed by atoms with Crippen molar-refractivity contribution in [2.45, 2.75) is 19.3 Å². The Morgan fingerprint density at radius 1 is 0.348 bits per heavy atom. The molecule has 1 aliphatic carbocycles. The molecule has 0 N–H and O–H groups in total. The molecule has 0 bridgehead atoms. The van der Waals surface area contributed by atoms with Crippen molar-refractivity contribution in [2.24, 2.45) is 0 Å². The Labute approximate surface area is 407 Å². The van der Waals surface area contributed by atoms with Crippen LogP contribution in [0.5, 0.6) is 0 Å². The maximum absolute atomic E-state index is 2.46. The summed E-state index contributed by atoms with van der Waals surface area (Å²) in [5, 5.41) is 5.23. The summed E-state index contributed by atoms with van der Waals surface area (Å²) in [4.78, 5) is 2.46. The average molecular weight is 898 g/mol. The number of rotatable bonds is 8. The Hall–Kier alpha value is -8.30. The summed E-state index contributed by atoms with van der Waals surface area (Å²) in [6.07, 6.45) is 0. The number of hydrogen-bond donors (Lipinski definition) is 0. The Bertz CT molecular complexity index is 3820. The molecule has 0 amide bonds. The molecule has 2 heteroatoms. The molecule has 12 aromatic rings. The zero-order valence-corrected chi connectivity index (χ0v) is 39.3. The number of aryl methyl sites for hydroxylation is 2. The summed E-state index contributed by atoms with van der Waals surface area (Å²) >= 11 is 1.91. The molecular formula is C67H47NS. The van der Waals surface area contributed by atoms with E-state index in [1.807, 2.05) is 11.3 Å². The molecule has 0 unspecified atom stereocenters. The van der Waals surface area contributed by atoms with E-state index in [0.29, 0.717) is 0 Å². The summed E-state index contributed by atoms with van der Waals surface area (Å²) in [6, 6.07) is 92.1. The molecule has 0 saturated carbocycles. The Morgan fingerprint density at radius 2 is 0.855 bits per heavy atom. The number of anilines is 3. The third-order valence-corrected chi connectivity index (χ3v) is 15.9. The van der Waals surface area contributed by atoms with Gasteiger partial charge < -0.3 is 4.90 Å². The van der Waals surface area contributed by atoms with Crippen LogP contribution in [0.15, 0.2) is 249 Å². The second-order valence-corrected chi connectivity index (χ2v) is 19.5. The standard InChI is InChI=1S/C67H47NS/c1-44-42-50(46-18-6-3-7-19-46)43-45(2)64(44)68(54-39-34-49(35-40-54)57-28-16-29-58-59-41-36-47-20-12-13-25-56(47)66(59)69-65(57)58)53-37-32-48(33-38-53)55-27-17-31-62-63(55)60-26-14-15-30-61(60)67(62,51-21-8-4-9-22-51)52-23-10-5-11-24-52/h3-43H,1-2H3. The molecule has 1 aliphatic rings. The second kappa shape index (κ2) is 16.5. The van der Waals surface area contributed by atoms with Crippen molar-refractivity contribution >= 4 is 59.3 Å². The van der Waals surface area contributed by atoms with Gasteiger partial charge in [0.05, 0.1) is 11.1 Å². The Kier molecular flexibility index (Phi) is 9.78. The summed E-state index contributed by atoms with van der Waals surface area (Å²) < 4.78 is 2.68. The van der Waals surface area contributed by atoms with Crippen LogP contribution >= 0.6 is 11.3 Å². The molecule has 0 atom stereocenters. The SMILES string of the molecule is Cc1cc(-c2ccccc2)cc(C)c1N(c1ccc(-c2cccc3c2-c2ccccc2C3(c2ccccc2)c2ccccc2)cc1)c1ccc(-c2cccc3c2sc2c4ccccc4ccc32)cc1. The van der Waals surface area contributed by atoms with Crippen LogP contribution in [0.2, 0.25) is 0 Å². The molecular weight excluding hydrogens is 851 g/mol. The van der Waals surface area contributed by atoms with Crippen molar-refractivity contribution in [1.29, 1.82) is 0 Å². The summed E-state index contributed by atoms with van der Waals surface area (Å²) in [6.45, 7) is 4.51. The first-order chi connectivity index (χ1) is 34.1. The van der Waals surface area contributed by atoms with Gasteiger partial charge in [0.15, 0.2) is 0 Å². The van der Waals surface area contributed by atoms with Crippen molar-refractivity contribution in [3.63, 3.8) is 0 Å². The number of hydrogen-bond acceptors (Lipinski definition) is 2. The maximum Gasteiger partial charge on any atom is 0.0713 e. The lowest BCUT2D eigenvalue weighted by Gasteiger charge is -2.34. The molecule has 69 heavy (non-hydrogen) atoms. The Morgan fingerprint density at radius 3 is 1.54 bits per heavy atom. The predicted octanol–water partition coefficient (Wildman–Crippen LogP) is 18.7. The van der Waals surface area contributed by atoms with E-state index in [1.165, 1.54) is 115 Å². The van der Waals surface area contributed by atoms with Gasteiger partial charge in [-0.05, 0) is 139 Å². The van der Waals surface area contributed by atoms with Crippen molar-refractivity contribution in [2.75, 3.05) is 4.90 Å². The van der Waals surface area contributed by atoms with Crippen LogP contribution in [0.1, 0.15) is 33.4 Å². The molecule has 326 valence electrons. The fraction of sp³-hybridized carbons (Fsp3) is 0.0448. The quantitative estimate of drug-likeness (QED) is 0.147. The highest BCUT2D eigenvalue weighted by Gasteiger charge is 2.46. The smallest absolute Gasteiger partial charge is 0.0713 e. The van der Waals surface area contributed by atoms with Gasteiger partial charge in [0.1, 0.15) is 0 Å². The van der Waals surface area contributed by atoms with Gasteiger partial charge in [-0.15, -0.1) is 11.3 Å². The minimum absolute atomic E-state index is 0.453. The fourth-order valence-corrected chi connectivity index (χ4v) is 13.0. The van der Waals surface area contributed by atoms with E-state index in [4.69, 9.17) is 0 Å². The van der Waals surface area contributed by atoms with E-state index in [9.17, 15) is 0 Å². The van der Waals surface area contributed by atoms with Crippen LogP contribution in [-0.4, -0.2) is 0 Å². The zero-order valence-electron chi connectivity index (χ0n) is 38.5. The van der Waals surface area contributed by atoms with Crippen LogP contribution in [0.4, 0.5) is 17.1 Å². The zero-order chi connectivity index (χ0) is 46.1. The molecule has 0 fully saturated rings. The Balaban J connectivity index is 0.945. The number of nitrogens with zero attached hydrogens (tertiary/aromatic N) is 1. The van der Waals surface area contributed by atoms with E-state index >= 15 is 0 Å². The van der Waals surface area contributed by atoms with Crippen LogP contribution in [0, 0.1) is 13.8 Å². The summed E-state index contributed by atoms with van der Waals surface area (Å²) in [5.74, 6) is 0. The highest BCUT2D eigenvalue weighted by atomic mass is 32.1. The van der Waals surface area contributed by atoms with Crippen molar-refractivity contribution in [3.8, 4) is 44.5 Å². The van der Waals surface area contributed by atoms with Crippen LogP contribution < -0.4 is 4.90 Å². The van der Waals surface area contributed by atoms with E-state index in [-0.39, 0.29) is 0 Å². The minimum Gasteiger partial charge on any atom is -0.310 e. The van der Waals surface area contributed by atoms with Crippen LogP contribution in [0.25, 0.3) is 75.5 Å². The lowest BCUT2D eigenvalue weighted by Crippen LogP contribution is -2.28. The third kappa shape index (κ3) is 6.51. The van der Waals surface area contributed by atoms with Crippen LogP contribution in [0.3, 0.4) is 0 Å². The van der Waals surface area contributed by atoms with Gasteiger partial charge in [-0.25, -0.2) is 0 Å². The lowest BCUT2D eigenvalue weighted by molar-refractivity contribution is 0.768. The first kappa shape index (κ1) is 40.9. The maximum atomic E-state index is 2.46. The van der Waals surface area contributed by atoms with Crippen molar-refractivity contribution in [1.82, 2.24) is 0 Å². The van der Waals surface area contributed by atoms with E-state index < -0.39 is 5.41 Å². The topological polar surface area (TPSA) is 3.24 Å². The van der Waals surface area contributed by atoms with Crippen LogP contribution in [-0.2, 0) is 5.41 Å². The lowest BCUT2D eigenvalue weighted by atomic mass is 9.67. The molecule has 13 rings (SSSR count). The number of benzene rings is 11. The van der Waals surface area contributed by atoms with Crippen molar-refractivity contribution in [3.05, 3.63) is 282 Å². The molecule has 0 saturated heterocycles. The molecule has 0 aliphatic heterocycles. The molecule has 11 aromatic carbocycles.